The van der Waals surface area contributed by atoms with Crippen LogP contribution in [-0.2, 0) is 9.53 Å². The SMILES string of the molecule is C=CC1=C(/C=C\C)C(COC(C)=O)c2ccccc21. The van der Waals surface area contributed by atoms with E-state index in [1.807, 2.05) is 31.2 Å². The van der Waals surface area contributed by atoms with E-state index < -0.39 is 0 Å². The third-order valence-corrected chi connectivity index (χ3v) is 3.32. The third-order valence-electron chi connectivity index (χ3n) is 3.32. The first-order valence-electron chi connectivity index (χ1n) is 6.41. The summed E-state index contributed by atoms with van der Waals surface area (Å²) in [6.07, 6.45) is 5.96. The molecule has 2 nitrogen and oxygen atoms in total. The molecule has 0 fully saturated rings. The van der Waals surface area contributed by atoms with Crippen LogP contribution >= 0.6 is 0 Å². The van der Waals surface area contributed by atoms with Crippen LogP contribution in [0.1, 0.15) is 30.9 Å². The molecule has 0 spiro atoms. The molecule has 1 aliphatic rings. The molecule has 0 saturated heterocycles. The zero-order chi connectivity index (χ0) is 13.8. The Balaban J connectivity index is 2.46. The van der Waals surface area contributed by atoms with Crippen molar-refractivity contribution in [1.82, 2.24) is 0 Å². The third kappa shape index (κ3) is 2.53. The molecule has 0 saturated carbocycles. The number of esters is 1. The molecule has 0 aromatic heterocycles. The largest absolute Gasteiger partial charge is 0.465 e. The molecule has 1 aromatic carbocycles. The topological polar surface area (TPSA) is 26.3 Å². The molecule has 1 aliphatic carbocycles. The maximum absolute atomic E-state index is 11.1. The first kappa shape index (κ1) is 13.3. The van der Waals surface area contributed by atoms with Crippen LogP contribution in [0, 0.1) is 0 Å². The molecular formula is C17H18O2. The number of rotatable bonds is 4. The van der Waals surface area contributed by atoms with E-state index in [4.69, 9.17) is 4.74 Å². The van der Waals surface area contributed by atoms with Crippen molar-refractivity contribution in [2.24, 2.45) is 0 Å². The first-order chi connectivity index (χ1) is 9.19. The number of hydrogen-bond donors (Lipinski definition) is 0. The van der Waals surface area contributed by atoms with Gasteiger partial charge < -0.3 is 4.74 Å². The molecule has 0 radical (unpaired) electrons. The average Bonchev–Trinajstić information content (AvgIpc) is 2.70. The maximum Gasteiger partial charge on any atom is 0.302 e. The van der Waals surface area contributed by atoms with Gasteiger partial charge in [-0.25, -0.2) is 0 Å². The van der Waals surface area contributed by atoms with Gasteiger partial charge in [0.15, 0.2) is 0 Å². The van der Waals surface area contributed by atoms with Gasteiger partial charge in [-0.3, -0.25) is 4.79 Å². The van der Waals surface area contributed by atoms with Crippen LogP contribution in [0.4, 0.5) is 0 Å². The normalized spacial score (nSPS) is 17.7. The van der Waals surface area contributed by atoms with Crippen LogP contribution in [0.5, 0.6) is 0 Å². The van der Waals surface area contributed by atoms with Crippen molar-refractivity contribution in [3.63, 3.8) is 0 Å². The van der Waals surface area contributed by atoms with Gasteiger partial charge in [0, 0.05) is 12.8 Å². The van der Waals surface area contributed by atoms with Gasteiger partial charge in [0.2, 0.25) is 0 Å². The van der Waals surface area contributed by atoms with Gasteiger partial charge >= 0.3 is 5.97 Å². The molecular weight excluding hydrogens is 236 g/mol. The lowest BCUT2D eigenvalue weighted by Crippen LogP contribution is -2.10. The van der Waals surface area contributed by atoms with E-state index in [2.05, 4.69) is 24.8 Å². The van der Waals surface area contributed by atoms with Crippen LogP contribution in [0.3, 0.4) is 0 Å². The summed E-state index contributed by atoms with van der Waals surface area (Å²) in [6, 6.07) is 8.20. The second kappa shape index (κ2) is 5.70. The van der Waals surface area contributed by atoms with Crippen molar-refractivity contribution in [1.29, 1.82) is 0 Å². The highest BCUT2D eigenvalue weighted by molar-refractivity contribution is 5.86. The number of benzene rings is 1. The van der Waals surface area contributed by atoms with Crippen molar-refractivity contribution in [2.75, 3.05) is 6.61 Å². The van der Waals surface area contributed by atoms with Gasteiger partial charge in [-0.2, -0.15) is 0 Å². The van der Waals surface area contributed by atoms with Crippen LogP contribution in [0.15, 0.2) is 54.6 Å². The Morgan fingerprint density at radius 3 is 2.79 bits per heavy atom. The molecule has 0 amide bonds. The summed E-state index contributed by atoms with van der Waals surface area (Å²) >= 11 is 0. The highest BCUT2D eigenvalue weighted by atomic mass is 16.5. The second-order valence-electron chi connectivity index (χ2n) is 4.52. The molecule has 2 heteroatoms. The molecule has 0 bridgehead atoms. The first-order valence-corrected chi connectivity index (χ1v) is 6.41. The lowest BCUT2D eigenvalue weighted by molar-refractivity contribution is -0.141. The lowest BCUT2D eigenvalue weighted by atomic mass is 9.96. The second-order valence-corrected chi connectivity index (χ2v) is 4.52. The van der Waals surface area contributed by atoms with Crippen molar-refractivity contribution >= 4 is 11.5 Å². The molecule has 1 unspecified atom stereocenters. The molecule has 0 N–H and O–H groups in total. The van der Waals surface area contributed by atoms with Gasteiger partial charge in [0.25, 0.3) is 0 Å². The Bertz CT molecular complexity index is 564. The minimum Gasteiger partial charge on any atom is -0.465 e. The Morgan fingerprint density at radius 2 is 2.16 bits per heavy atom. The quantitative estimate of drug-likeness (QED) is 0.763. The van der Waals surface area contributed by atoms with Gasteiger partial charge in [-0.1, -0.05) is 49.1 Å². The minimum atomic E-state index is -0.246. The molecule has 2 rings (SSSR count). The van der Waals surface area contributed by atoms with Gasteiger partial charge in [0.1, 0.15) is 6.61 Å². The summed E-state index contributed by atoms with van der Waals surface area (Å²) in [5, 5.41) is 0. The maximum atomic E-state index is 11.1. The number of hydrogen-bond acceptors (Lipinski definition) is 2. The fourth-order valence-corrected chi connectivity index (χ4v) is 2.55. The number of allylic oxidation sites excluding steroid dienone is 4. The van der Waals surface area contributed by atoms with Gasteiger partial charge in [0.05, 0.1) is 0 Å². The van der Waals surface area contributed by atoms with Crippen molar-refractivity contribution in [2.45, 2.75) is 19.8 Å². The van der Waals surface area contributed by atoms with E-state index in [1.54, 1.807) is 0 Å². The highest BCUT2D eigenvalue weighted by Crippen LogP contribution is 2.43. The van der Waals surface area contributed by atoms with Crippen molar-refractivity contribution < 1.29 is 9.53 Å². The minimum absolute atomic E-state index is 0.101. The van der Waals surface area contributed by atoms with E-state index in [1.165, 1.54) is 23.6 Å². The van der Waals surface area contributed by atoms with E-state index in [0.717, 1.165) is 5.57 Å². The van der Waals surface area contributed by atoms with Crippen molar-refractivity contribution in [3.05, 3.63) is 65.8 Å². The molecule has 0 heterocycles. The van der Waals surface area contributed by atoms with E-state index in [-0.39, 0.29) is 11.9 Å². The Labute approximate surface area is 114 Å². The summed E-state index contributed by atoms with van der Waals surface area (Å²) < 4.78 is 5.21. The molecule has 1 aromatic rings. The zero-order valence-electron chi connectivity index (χ0n) is 11.3. The fourth-order valence-electron chi connectivity index (χ4n) is 2.55. The van der Waals surface area contributed by atoms with Crippen LogP contribution in [0.25, 0.3) is 5.57 Å². The predicted octanol–water partition coefficient (Wildman–Crippen LogP) is 3.86. The smallest absolute Gasteiger partial charge is 0.302 e. The van der Waals surface area contributed by atoms with Crippen LogP contribution < -0.4 is 0 Å². The van der Waals surface area contributed by atoms with E-state index in [0.29, 0.717) is 6.61 Å². The number of ether oxygens (including phenoxy) is 1. The molecule has 19 heavy (non-hydrogen) atoms. The fraction of sp³-hybridized carbons (Fsp3) is 0.235. The summed E-state index contributed by atoms with van der Waals surface area (Å²) in [4.78, 5) is 11.1. The van der Waals surface area contributed by atoms with Crippen LogP contribution in [-0.4, -0.2) is 12.6 Å². The predicted molar refractivity (Wildman–Crippen MR) is 77.7 cm³/mol. The Hall–Kier alpha value is -2.09. The summed E-state index contributed by atoms with van der Waals surface area (Å²) in [6.45, 7) is 7.71. The van der Waals surface area contributed by atoms with Gasteiger partial charge in [-0.15, -0.1) is 0 Å². The van der Waals surface area contributed by atoms with Crippen molar-refractivity contribution in [3.8, 4) is 0 Å². The summed E-state index contributed by atoms with van der Waals surface area (Å²) in [5.41, 5.74) is 4.68. The number of fused-ring (bicyclic) bond motifs is 1. The number of carbonyl (C=O) groups excluding carboxylic acids is 1. The molecule has 1 atom stereocenters. The van der Waals surface area contributed by atoms with E-state index in [9.17, 15) is 4.79 Å². The highest BCUT2D eigenvalue weighted by Gasteiger charge is 2.28. The standard InChI is InChI=1S/C17H18O2/c1-4-8-14-13(5-2)15-9-6-7-10-16(15)17(14)11-19-12(3)18/h4-10,17H,2,11H2,1,3H3/b8-4-. The average molecular weight is 254 g/mol. The Kier molecular flexibility index (Phi) is 4.00. The lowest BCUT2D eigenvalue weighted by Gasteiger charge is -2.14. The molecule has 0 aliphatic heterocycles. The van der Waals surface area contributed by atoms with Gasteiger partial charge in [-0.05, 0) is 29.2 Å². The summed E-state index contributed by atoms with van der Waals surface area (Å²) in [7, 11) is 0. The number of carbonyl (C=O) groups is 1. The monoisotopic (exact) mass is 254 g/mol. The zero-order valence-corrected chi connectivity index (χ0v) is 11.3. The Morgan fingerprint density at radius 1 is 1.42 bits per heavy atom. The van der Waals surface area contributed by atoms with E-state index >= 15 is 0 Å². The molecule has 98 valence electrons. The van der Waals surface area contributed by atoms with Crippen LogP contribution in [0.2, 0.25) is 0 Å². The summed E-state index contributed by atoms with van der Waals surface area (Å²) in [5.74, 6) is -0.145.